The standard InChI is InChI=1S/C15H24O4/c1-11(16)12-6-7-13(14(10-12)17-4)19-9-8-15(2,3)18-5/h6-7,10-11,16H,8-9H2,1-5H3. The highest BCUT2D eigenvalue weighted by molar-refractivity contribution is 5.43. The molecule has 19 heavy (non-hydrogen) atoms. The summed E-state index contributed by atoms with van der Waals surface area (Å²) in [6.07, 6.45) is 0.264. The highest BCUT2D eigenvalue weighted by Crippen LogP contribution is 2.30. The van der Waals surface area contributed by atoms with Gasteiger partial charge in [-0.25, -0.2) is 0 Å². The van der Waals surface area contributed by atoms with Crippen LogP contribution < -0.4 is 9.47 Å². The Morgan fingerprint density at radius 2 is 1.89 bits per heavy atom. The van der Waals surface area contributed by atoms with Crippen molar-refractivity contribution >= 4 is 0 Å². The van der Waals surface area contributed by atoms with Crippen LogP contribution in [-0.4, -0.2) is 31.5 Å². The van der Waals surface area contributed by atoms with Crippen LogP contribution in [-0.2, 0) is 4.74 Å². The van der Waals surface area contributed by atoms with E-state index in [0.29, 0.717) is 18.1 Å². The van der Waals surface area contributed by atoms with Crippen LogP contribution in [0.4, 0.5) is 0 Å². The van der Waals surface area contributed by atoms with Crippen LogP contribution in [0.2, 0.25) is 0 Å². The number of methoxy groups -OCH3 is 2. The fourth-order valence-corrected chi connectivity index (χ4v) is 1.57. The predicted octanol–water partition coefficient (Wildman–Crippen LogP) is 2.94. The summed E-state index contributed by atoms with van der Waals surface area (Å²) < 4.78 is 16.3. The van der Waals surface area contributed by atoms with Crippen LogP contribution in [0.5, 0.6) is 11.5 Å². The number of hydrogen-bond acceptors (Lipinski definition) is 4. The van der Waals surface area contributed by atoms with Crippen LogP contribution in [0.1, 0.15) is 38.9 Å². The van der Waals surface area contributed by atoms with Gasteiger partial charge in [-0.3, -0.25) is 0 Å². The molecule has 0 aliphatic rings. The van der Waals surface area contributed by atoms with E-state index in [-0.39, 0.29) is 5.60 Å². The van der Waals surface area contributed by atoms with Crippen molar-refractivity contribution < 1.29 is 19.3 Å². The van der Waals surface area contributed by atoms with Gasteiger partial charge in [0.05, 0.1) is 25.4 Å². The Morgan fingerprint density at radius 1 is 1.21 bits per heavy atom. The fraction of sp³-hybridized carbons (Fsp3) is 0.600. The molecule has 0 heterocycles. The second kappa shape index (κ2) is 6.78. The minimum atomic E-state index is -0.518. The van der Waals surface area contributed by atoms with Gasteiger partial charge in [0, 0.05) is 13.5 Å². The maximum atomic E-state index is 9.54. The fourth-order valence-electron chi connectivity index (χ4n) is 1.57. The number of ether oxygens (including phenoxy) is 3. The highest BCUT2D eigenvalue weighted by atomic mass is 16.5. The summed E-state index contributed by atoms with van der Waals surface area (Å²) in [5, 5.41) is 9.54. The molecule has 1 atom stereocenters. The Bertz CT molecular complexity index is 399. The van der Waals surface area contributed by atoms with E-state index in [1.807, 2.05) is 26.0 Å². The monoisotopic (exact) mass is 268 g/mol. The van der Waals surface area contributed by atoms with Crippen molar-refractivity contribution in [1.82, 2.24) is 0 Å². The first-order valence-corrected chi connectivity index (χ1v) is 6.43. The Hall–Kier alpha value is -1.26. The van der Waals surface area contributed by atoms with Gasteiger partial charge in [-0.15, -0.1) is 0 Å². The minimum absolute atomic E-state index is 0.202. The highest BCUT2D eigenvalue weighted by Gasteiger charge is 2.17. The summed E-state index contributed by atoms with van der Waals surface area (Å²) in [6, 6.07) is 5.45. The van der Waals surface area contributed by atoms with E-state index in [1.165, 1.54) is 0 Å². The molecule has 0 bridgehead atoms. The summed E-state index contributed by atoms with van der Waals surface area (Å²) >= 11 is 0. The normalized spacial score (nSPS) is 13.2. The van der Waals surface area contributed by atoms with E-state index >= 15 is 0 Å². The number of aliphatic hydroxyl groups is 1. The molecule has 1 aromatic rings. The zero-order valence-electron chi connectivity index (χ0n) is 12.4. The number of hydrogen-bond donors (Lipinski definition) is 1. The second-order valence-electron chi connectivity index (χ2n) is 5.15. The molecule has 0 aromatic heterocycles. The molecule has 0 aliphatic heterocycles. The summed E-state index contributed by atoms with van der Waals surface area (Å²) in [7, 11) is 3.28. The number of rotatable bonds is 7. The third-order valence-electron chi connectivity index (χ3n) is 3.18. The van der Waals surface area contributed by atoms with Gasteiger partial charge in [-0.2, -0.15) is 0 Å². The smallest absolute Gasteiger partial charge is 0.161 e. The predicted molar refractivity (Wildman–Crippen MR) is 74.8 cm³/mol. The van der Waals surface area contributed by atoms with E-state index in [1.54, 1.807) is 27.2 Å². The summed E-state index contributed by atoms with van der Waals surface area (Å²) in [5.41, 5.74) is 0.605. The van der Waals surface area contributed by atoms with E-state index in [9.17, 15) is 5.11 Å². The van der Waals surface area contributed by atoms with Crippen LogP contribution in [0.15, 0.2) is 18.2 Å². The van der Waals surface area contributed by atoms with Crippen LogP contribution in [0.3, 0.4) is 0 Å². The Balaban J connectivity index is 2.68. The van der Waals surface area contributed by atoms with E-state index < -0.39 is 6.10 Å². The molecule has 4 heteroatoms. The lowest BCUT2D eigenvalue weighted by Gasteiger charge is -2.23. The molecule has 0 saturated carbocycles. The Labute approximate surface area is 115 Å². The van der Waals surface area contributed by atoms with Crippen molar-refractivity contribution in [2.45, 2.75) is 38.9 Å². The molecular weight excluding hydrogens is 244 g/mol. The maximum absolute atomic E-state index is 9.54. The average molecular weight is 268 g/mol. The molecule has 1 N–H and O–H groups in total. The van der Waals surface area contributed by atoms with Gasteiger partial charge in [0.2, 0.25) is 0 Å². The topological polar surface area (TPSA) is 47.9 Å². The van der Waals surface area contributed by atoms with Crippen molar-refractivity contribution in [3.05, 3.63) is 23.8 Å². The largest absolute Gasteiger partial charge is 0.493 e. The lowest BCUT2D eigenvalue weighted by molar-refractivity contribution is 0.00525. The van der Waals surface area contributed by atoms with E-state index in [0.717, 1.165) is 12.0 Å². The van der Waals surface area contributed by atoms with Gasteiger partial charge in [0.1, 0.15) is 0 Å². The molecule has 108 valence electrons. The Morgan fingerprint density at radius 3 is 2.42 bits per heavy atom. The molecule has 1 unspecified atom stereocenters. The molecule has 0 radical (unpaired) electrons. The first-order chi connectivity index (χ1) is 8.89. The van der Waals surface area contributed by atoms with Gasteiger partial charge in [0.25, 0.3) is 0 Å². The van der Waals surface area contributed by atoms with Gasteiger partial charge < -0.3 is 19.3 Å². The van der Waals surface area contributed by atoms with Crippen molar-refractivity contribution in [2.24, 2.45) is 0 Å². The molecule has 0 saturated heterocycles. The van der Waals surface area contributed by atoms with Crippen molar-refractivity contribution in [3.63, 3.8) is 0 Å². The molecule has 1 aromatic carbocycles. The first-order valence-electron chi connectivity index (χ1n) is 6.43. The molecule has 0 spiro atoms. The minimum Gasteiger partial charge on any atom is -0.493 e. The van der Waals surface area contributed by atoms with Crippen molar-refractivity contribution in [1.29, 1.82) is 0 Å². The molecule has 0 aliphatic carbocycles. The van der Waals surface area contributed by atoms with Crippen LogP contribution in [0, 0.1) is 0 Å². The number of aliphatic hydroxyl groups excluding tert-OH is 1. The van der Waals surface area contributed by atoms with Gasteiger partial charge >= 0.3 is 0 Å². The zero-order valence-corrected chi connectivity index (χ0v) is 12.4. The summed E-state index contributed by atoms with van der Waals surface area (Å²) in [4.78, 5) is 0. The average Bonchev–Trinajstić information content (AvgIpc) is 2.38. The molecule has 4 nitrogen and oxygen atoms in total. The SMILES string of the molecule is COc1cc(C(C)O)ccc1OCCC(C)(C)OC. The van der Waals surface area contributed by atoms with Crippen molar-refractivity contribution in [2.75, 3.05) is 20.8 Å². The lowest BCUT2D eigenvalue weighted by Crippen LogP contribution is -2.25. The second-order valence-corrected chi connectivity index (χ2v) is 5.15. The molecule has 0 amide bonds. The zero-order chi connectivity index (χ0) is 14.5. The maximum Gasteiger partial charge on any atom is 0.161 e. The molecule has 1 rings (SSSR count). The first kappa shape index (κ1) is 15.8. The quantitative estimate of drug-likeness (QED) is 0.826. The Kier molecular flexibility index (Phi) is 5.63. The van der Waals surface area contributed by atoms with Crippen molar-refractivity contribution in [3.8, 4) is 11.5 Å². The van der Waals surface area contributed by atoms with E-state index in [2.05, 4.69) is 0 Å². The third kappa shape index (κ3) is 4.73. The van der Waals surface area contributed by atoms with Crippen LogP contribution >= 0.6 is 0 Å². The van der Waals surface area contributed by atoms with Gasteiger partial charge in [-0.05, 0) is 38.5 Å². The number of benzene rings is 1. The summed E-state index contributed by atoms with van der Waals surface area (Å²) in [6.45, 7) is 6.30. The lowest BCUT2D eigenvalue weighted by atomic mass is 10.1. The van der Waals surface area contributed by atoms with Gasteiger partial charge in [0.15, 0.2) is 11.5 Å². The molecule has 0 fully saturated rings. The van der Waals surface area contributed by atoms with Crippen LogP contribution in [0.25, 0.3) is 0 Å². The molecular formula is C15H24O4. The third-order valence-corrected chi connectivity index (χ3v) is 3.18. The summed E-state index contributed by atoms with van der Waals surface area (Å²) in [5.74, 6) is 1.31. The van der Waals surface area contributed by atoms with Gasteiger partial charge in [-0.1, -0.05) is 6.07 Å². The van der Waals surface area contributed by atoms with E-state index in [4.69, 9.17) is 14.2 Å².